The molecule has 2 nitrogen and oxygen atoms in total. The fourth-order valence-electron chi connectivity index (χ4n) is 1.95. The van der Waals surface area contributed by atoms with Gasteiger partial charge in [-0.05, 0) is 38.4 Å². The van der Waals surface area contributed by atoms with Gasteiger partial charge < -0.3 is 10.4 Å². The van der Waals surface area contributed by atoms with Gasteiger partial charge in [-0.25, -0.2) is 4.39 Å². The molecule has 1 unspecified atom stereocenters. The maximum Gasteiger partial charge on any atom is 0.142 e. The first-order valence-electron chi connectivity index (χ1n) is 6.55. The molecule has 0 heterocycles. The van der Waals surface area contributed by atoms with Gasteiger partial charge in [0.1, 0.15) is 5.82 Å². The molecule has 0 aromatic heterocycles. The number of aliphatic hydroxyl groups excluding tert-OH is 1. The lowest BCUT2D eigenvalue weighted by Gasteiger charge is -2.17. The molecule has 1 atom stereocenters. The van der Waals surface area contributed by atoms with Crippen molar-refractivity contribution in [1.82, 2.24) is 5.32 Å². The Labute approximate surface area is 123 Å². The smallest absolute Gasteiger partial charge is 0.142 e. The monoisotopic (exact) mass is 307 g/mol. The Bertz CT molecular complexity index is 401. The van der Waals surface area contributed by atoms with Crippen LogP contribution in [0.5, 0.6) is 0 Å². The fourth-order valence-corrected chi connectivity index (χ4v) is 2.65. The van der Waals surface area contributed by atoms with Gasteiger partial charge in [0, 0.05) is 23.2 Å². The van der Waals surface area contributed by atoms with E-state index in [9.17, 15) is 4.39 Å². The van der Waals surface area contributed by atoms with Crippen molar-refractivity contribution in [3.8, 4) is 0 Å². The highest BCUT2D eigenvalue weighted by Crippen LogP contribution is 2.32. The van der Waals surface area contributed by atoms with Crippen LogP contribution in [0.2, 0.25) is 10.0 Å². The van der Waals surface area contributed by atoms with Gasteiger partial charge in [0.05, 0.1) is 5.02 Å². The topological polar surface area (TPSA) is 32.3 Å². The van der Waals surface area contributed by atoms with E-state index in [0.29, 0.717) is 10.6 Å². The van der Waals surface area contributed by atoms with Gasteiger partial charge in [-0.2, -0.15) is 0 Å². The lowest BCUT2D eigenvalue weighted by molar-refractivity contribution is 0.282. The third-order valence-corrected chi connectivity index (χ3v) is 3.76. The normalized spacial score (nSPS) is 12.7. The summed E-state index contributed by atoms with van der Waals surface area (Å²) in [6, 6.07) is 2.71. The van der Waals surface area contributed by atoms with E-state index >= 15 is 0 Å². The minimum Gasteiger partial charge on any atom is -0.396 e. The summed E-state index contributed by atoms with van der Waals surface area (Å²) in [7, 11) is 0. The summed E-state index contributed by atoms with van der Waals surface area (Å²) >= 11 is 12.0. The molecule has 1 rings (SSSR count). The lowest BCUT2D eigenvalue weighted by Crippen LogP contribution is -2.20. The zero-order valence-electron chi connectivity index (χ0n) is 11.1. The molecule has 0 amide bonds. The molecule has 0 radical (unpaired) electrons. The van der Waals surface area contributed by atoms with Gasteiger partial charge in [-0.3, -0.25) is 0 Å². The zero-order valence-corrected chi connectivity index (χ0v) is 12.6. The van der Waals surface area contributed by atoms with Crippen molar-refractivity contribution in [2.45, 2.75) is 38.6 Å². The largest absolute Gasteiger partial charge is 0.396 e. The van der Waals surface area contributed by atoms with Crippen LogP contribution < -0.4 is 5.32 Å². The molecule has 0 spiro atoms. The van der Waals surface area contributed by atoms with E-state index in [1.807, 2.05) is 6.92 Å². The second-order valence-electron chi connectivity index (χ2n) is 4.57. The Hall–Kier alpha value is -0.350. The van der Waals surface area contributed by atoms with Gasteiger partial charge in [-0.1, -0.05) is 36.0 Å². The number of hydrogen-bond acceptors (Lipinski definition) is 2. The van der Waals surface area contributed by atoms with E-state index < -0.39 is 5.82 Å². The van der Waals surface area contributed by atoms with Crippen molar-refractivity contribution < 1.29 is 9.50 Å². The number of unbranched alkanes of at least 4 members (excludes halogenated alkanes) is 3. The molecular formula is C14H20Cl2FNO. The second kappa shape index (κ2) is 8.75. The van der Waals surface area contributed by atoms with Crippen LogP contribution in [0, 0.1) is 5.82 Å². The number of aliphatic hydroxyl groups is 1. The van der Waals surface area contributed by atoms with Crippen molar-refractivity contribution in [3.63, 3.8) is 0 Å². The minimum atomic E-state index is -0.447. The summed E-state index contributed by atoms with van der Waals surface area (Å²) < 4.78 is 13.4. The molecule has 19 heavy (non-hydrogen) atoms. The Morgan fingerprint density at radius 1 is 1.21 bits per heavy atom. The van der Waals surface area contributed by atoms with Crippen LogP contribution in [0.1, 0.15) is 44.2 Å². The van der Waals surface area contributed by atoms with Crippen LogP contribution >= 0.6 is 23.2 Å². The van der Waals surface area contributed by atoms with Crippen LogP contribution in [0.4, 0.5) is 4.39 Å². The molecular weight excluding hydrogens is 288 g/mol. The third-order valence-electron chi connectivity index (χ3n) is 3.05. The van der Waals surface area contributed by atoms with Crippen LogP contribution in [0.15, 0.2) is 12.1 Å². The van der Waals surface area contributed by atoms with Crippen LogP contribution in [-0.4, -0.2) is 18.3 Å². The van der Waals surface area contributed by atoms with Crippen LogP contribution in [0.3, 0.4) is 0 Å². The van der Waals surface area contributed by atoms with Crippen LogP contribution in [-0.2, 0) is 0 Å². The Morgan fingerprint density at radius 3 is 2.58 bits per heavy atom. The van der Waals surface area contributed by atoms with Gasteiger partial charge in [-0.15, -0.1) is 0 Å². The van der Waals surface area contributed by atoms with Gasteiger partial charge in [0.25, 0.3) is 0 Å². The van der Waals surface area contributed by atoms with Crippen molar-refractivity contribution in [1.29, 1.82) is 0 Å². The van der Waals surface area contributed by atoms with Crippen molar-refractivity contribution in [3.05, 3.63) is 33.6 Å². The lowest BCUT2D eigenvalue weighted by atomic mass is 10.1. The zero-order chi connectivity index (χ0) is 14.3. The molecule has 0 aliphatic carbocycles. The van der Waals surface area contributed by atoms with E-state index in [1.165, 1.54) is 12.1 Å². The summed E-state index contributed by atoms with van der Waals surface area (Å²) in [5.74, 6) is -0.447. The third kappa shape index (κ3) is 5.27. The Balaban J connectivity index is 2.45. The van der Waals surface area contributed by atoms with E-state index in [-0.39, 0.29) is 17.7 Å². The summed E-state index contributed by atoms with van der Waals surface area (Å²) in [5, 5.41) is 12.5. The molecule has 0 aliphatic rings. The predicted molar refractivity (Wildman–Crippen MR) is 78.4 cm³/mol. The van der Waals surface area contributed by atoms with Crippen molar-refractivity contribution in [2.75, 3.05) is 13.2 Å². The number of nitrogens with one attached hydrogen (secondary N) is 1. The number of rotatable bonds is 8. The van der Waals surface area contributed by atoms with Gasteiger partial charge in [0.2, 0.25) is 0 Å². The molecule has 0 fully saturated rings. The fraction of sp³-hybridized carbons (Fsp3) is 0.571. The maximum atomic E-state index is 13.4. The molecule has 1 aromatic rings. The average molecular weight is 308 g/mol. The highest BCUT2D eigenvalue weighted by Gasteiger charge is 2.16. The maximum absolute atomic E-state index is 13.4. The first-order valence-corrected chi connectivity index (χ1v) is 7.31. The standard InChI is InChI=1S/C14H20Cl2FNO/c1-10(18-8-4-2-3-5-9-19)13-11(15)6-7-12(17)14(13)16/h6-7,10,18-19H,2-5,8-9H2,1H3. The van der Waals surface area contributed by atoms with E-state index in [4.69, 9.17) is 28.3 Å². The highest BCUT2D eigenvalue weighted by molar-refractivity contribution is 6.36. The van der Waals surface area contributed by atoms with Crippen LogP contribution in [0.25, 0.3) is 0 Å². The quantitative estimate of drug-likeness (QED) is 0.553. The molecule has 0 bridgehead atoms. The van der Waals surface area contributed by atoms with E-state index in [2.05, 4.69) is 5.32 Å². The highest BCUT2D eigenvalue weighted by atomic mass is 35.5. The molecule has 0 aliphatic heterocycles. The molecule has 0 saturated heterocycles. The second-order valence-corrected chi connectivity index (χ2v) is 5.36. The Kier molecular flexibility index (Phi) is 7.69. The van der Waals surface area contributed by atoms with E-state index in [0.717, 1.165) is 32.2 Å². The molecule has 108 valence electrons. The number of benzene rings is 1. The predicted octanol–water partition coefficient (Wildman–Crippen LogP) is 4.34. The number of halogens is 3. The SMILES string of the molecule is CC(NCCCCCCO)c1c(Cl)ccc(F)c1Cl. The summed E-state index contributed by atoms with van der Waals surface area (Å²) in [6.07, 6.45) is 3.94. The number of hydrogen-bond donors (Lipinski definition) is 2. The molecule has 1 aromatic carbocycles. The van der Waals surface area contributed by atoms with Gasteiger partial charge in [0.15, 0.2) is 0 Å². The van der Waals surface area contributed by atoms with Crippen molar-refractivity contribution in [2.24, 2.45) is 0 Å². The summed E-state index contributed by atoms with van der Waals surface area (Å²) in [6.45, 7) is 2.98. The van der Waals surface area contributed by atoms with Gasteiger partial charge >= 0.3 is 0 Å². The van der Waals surface area contributed by atoms with Crippen molar-refractivity contribution >= 4 is 23.2 Å². The van der Waals surface area contributed by atoms with E-state index in [1.54, 1.807) is 0 Å². The first-order chi connectivity index (χ1) is 9.07. The molecule has 0 saturated carbocycles. The minimum absolute atomic E-state index is 0.0893. The summed E-state index contributed by atoms with van der Waals surface area (Å²) in [5.41, 5.74) is 0.610. The molecule has 5 heteroatoms. The first kappa shape index (κ1) is 16.7. The molecule has 2 N–H and O–H groups in total. The summed E-state index contributed by atoms with van der Waals surface area (Å²) in [4.78, 5) is 0. The Morgan fingerprint density at radius 2 is 1.89 bits per heavy atom. The average Bonchev–Trinajstić information content (AvgIpc) is 2.38.